The van der Waals surface area contributed by atoms with E-state index in [1.54, 1.807) is 6.07 Å². The maximum Gasteiger partial charge on any atom is 0.0506 e. The Bertz CT molecular complexity index is 695. The van der Waals surface area contributed by atoms with Crippen molar-refractivity contribution in [3.8, 4) is 11.1 Å². The highest BCUT2D eigenvalue weighted by Crippen LogP contribution is 2.38. The van der Waals surface area contributed by atoms with Crippen molar-refractivity contribution in [3.05, 3.63) is 68.9 Å². The van der Waals surface area contributed by atoms with E-state index in [2.05, 4.69) is 20.1 Å². The Morgan fingerprint density at radius 3 is 2.21 bits per heavy atom. The van der Waals surface area contributed by atoms with E-state index in [-0.39, 0.29) is 0 Å². The first-order chi connectivity index (χ1) is 9.27. The summed E-state index contributed by atoms with van der Waals surface area (Å²) in [6.45, 7) is 1.84. The molecule has 0 saturated carbocycles. The van der Waals surface area contributed by atoms with Crippen LogP contribution in [0.2, 0.25) is 0 Å². The smallest absolute Gasteiger partial charge is 0.0506 e. The zero-order chi connectivity index (χ0) is 13.7. The zero-order valence-corrected chi connectivity index (χ0v) is 10.2. The van der Waals surface area contributed by atoms with Crippen LogP contribution in [-0.2, 0) is 0 Å². The third-order valence-corrected chi connectivity index (χ3v) is 2.79. The maximum absolute atomic E-state index is 8.62. The minimum atomic E-state index is 0.331. The van der Waals surface area contributed by atoms with Gasteiger partial charge in [-0.15, -0.1) is 0 Å². The fourth-order valence-corrected chi connectivity index (χ4v) is 1.92. The van der Waals surface area contributed by atoms with Gasteiger partial charge < -0.3 is 0 Å². The maximum atomic E-state index is 8.62. The first-order valence-electron chi connectivity index (χ1n) is 5.57. The lowest BCUT2D eigenvalue weighted by atomic mass is 9.98. The molecule has 19 heavy (non-hydrogen) atoms. The Balaban J connectivity index is 2.70. The zero-order valence-electron chi connectivity index (χ0n) is 10.2. The van der Waals surface area contributed by atoms with Gasteiger partial charge in [0.25, 0.3) is 0 Å². The van der Waals surface area contributed by atoms with E-state index in [0.717, 1.165) is 16.7 Å². The van der Waals surface area contributed by atoms with Crippen molar-refractivity contribution in [2.45, 2.75) is 6.92 Å². The fourth-order valence-electron chi connectivity index (χ4n) is 1.92. The van der Waals surface area contributed by atoms with Gasteiger partial charge in [0, 0.05) is 15.5 Å². The van der Waals surface area contributed by atoms with E-state index in [4.69, 9.17) is 11.1 Å². The molecule has 0 atom stereocenters. The van der Waals surface area contributed by atoms with Crippen molar-refractivity contribution in [2.24, 2.45) is 10.2 Å². The molecular formula is C13H10N6. The number of hydrogen-bond acceptors (Lipinski definition) is 2. The predicted octanol–water partition coefficient (Wildman–Crippen LogP) is 5.55. The number of nitrogens with zero attached hydrogens (tertiary/aromatic N) is 6. The SMILES string of the molecule is Cc1c(-c2ccccc2)ccc(N=[N+]=[N-])c1N=[N+]=[N-]. The summed E-state index contributed by atoms with van der Waals surface area (Å²) in [5, 5.41) is 7.16. The van der Waals surface area contributed by atoms with Crippen LogP contribution in [0.4, 0.5) is 11.4 Å². The summed E-state index contributed by atoms with van der Waals surface area (Å²) in [5.74, 6) is 0. The van der Waals surface area contributed by atoms with Crippen LogP contribution in [0.3, 0.4) is 0 Å². The summed E-state index contributed by atoms with van der Waals surface area (Å²) in [5.41, 5.74) is 20.6. The normalized spacial score (nSPS) is 9.32. The van der Waals surface area contributed by atoms with E-state index >= 15 is 0 Å². The first kappa shape index (κ1) is 12.5. The molecule has 6 nitrogen and oxygen atoms in total. The van der Waals surface area contributed by atoms with Crippen LogP contribution in [0.5, 0.6) is 0 Å². The standard InChI is InChI=1S/C13H10N6/c1-9-11(10-5-3-2-4-6-10)7-8-12(16-18-14)13(9)17-19-15/h2-8H,1H3. The molecule has 0 N–H and O–H groups in total. The molecule has 0 unspecified atom stereocenters. The molecule has 2 aromatic rings. The molecule has 0 aliphatic heterocycles. The predicted molar refractivity (Wildman–Crippen MR) is 74.2 cm³/mol. The van der Waals surface area contributed by atoms with Gasteiger partial charge in [0.1, 0.15) is 0 Å². The van der Waals surface area contributed by atoms with E-state index in [0.29, 0.717) is 11.4 Å². The van der Waals surface area contributed by atoms with Gasteiger partial charge >= 0.3 is 0 Å². The molecule has 6 heteroatoms. The second-order valence-electron chi connectivity index (χ2n) is 3.85. The lowest BCUT2D eigenvalue weighted by molar-refractivity contribution is 1.33. The molecular weight excluding hydrogens is 240 g/mol. The number of hydrogen-bond donors (Lipinski definition) is 0. The highest BCUT2D eigenvalue weighted by Gasteiger charge is 2.09. The Morgan fingerprint density at radius 2 is 1.58 bits per heavy atom. The van der Waals surface area contributed by atoms with Crippen molar-refractivity contribution in [1.82, 2.24) is 0 Å². The van der Waals surface area contributed by atoms with E-state index in [1.807, 2.05) is 43.3 Å². The molecule has 0 radical (unpaired) electrons. The van der Waals surface area contributed by atoms with Crippen molar-refractivity contribution >= 4 is 11.4 Å². The molecule has 2 aromatic carbocycles. The van der Waals surface area contributed by atoms with E-state index in [1.165, 1.54) is 0 Å². The molecule has 0 amide bonds. The molecule has 0 aromatic heterocycles. The third kappa shape index (κ3) is 2.50. The summed E-state index contributed by atoms with van der Waals surface area (Å²) >= 11 is 0. The summed E-state index contributed by atoms with van der Waals surface area (Å²) < 4.78 is 0. The highest BCUT2D eigenvalue weighted by atomic mass is 15.2. The van der Waals surface area contributed by atoms with Crippen LogP contribution < -0.4 is 0 Å². The minimum absolute atomic E-state index is 0.331. The Labute approximate surface area is 109 Å². The number of benzene rings is 2. The van der Waals surface area contributed by atoms with E-state index < -0.39 is 0 Å². The Hall–Kier alpha value is -2.94. The summed E-state index contributed by atoms with van der Waals surface area (Å²) in [6, 6.07) is 13.2. The molecule has 92 valence electrons. The molecule has 0 aliphatic carbocycles. The number of azide groups is 2. The molecule has 0 bridgehead atoms. The van der Waals surface area contributed by atoms with Crippen molar-refractivity contribution in [1.29, 1.82) is 0 Å². The molecule has 0 heterocycles. The second kappa shape index (κ2) is 5.60. The third-order valence-electron chi connectivity index (χ3n) is 2.79. The molecule has 2 rings (SSSR count). The van der Waals surface area contributed by atoms with Crippen LogP contribution in [0.1, 0.15) is 5.56 Å². The summed E-state index contributed by atoms with van der Waals surface area (Å²) in [6.07, 6.45) is 0. The molecule has 0 aliphatic rings. The van der Waals surface area contributed by atoms with Gasteiger partial charge in [-0.1, -0.05) is 52.7 Å². The van der Waals surface area contributed by atoms with Crippen LogP contribution in [-0.4, -0.2) is 0 Å². The number of rotatable bonds is 3. The van der Waals surface area contributed by atoms with Gasteiger partial charge in [0.15, 0.2) is 0 Å². The average molecular weight is 250 g/mol. The largest absolute Gasteiger partial charge is 0.0622 e. The van der Waals surface area contributed by atoms with Crippen LogP contribution in [0.15, 0.2) is 52.7 Å². The van der Waals surface area contributed by atoms with Gasteiger partial charge in [-0.3, -0.25) is 0 Å². The first-order valence-corrected chi connectivity index (χ1v) is 5.57. The molecule has 0 fully saturated rings. The lowest BCUT2D eigenvalue weighted by Gasteiger charge is -2.10. The Morgan fingerprint density at radius 1 is 0.895 bits per heavy atom. The van der Waals surface area contributed by atoms with Crippen molar-refractivity contribution in [3.63, 3.8) is 0 Å². The lowest BCUT2D eigenvalue weighted by Crippen LogP contribution is -1.84. The van der Waals surface area contributed by atoms with Gasteiger partial charge in [-0.05, 0) is 34.7 Å². The topological polar surface area (TPSA) is 97.5 Å². The molecule has 0 spiro atoms. The summed E-state index contributed by atoms with van der Waals surface area (Å²) in [7, 11) is 0. The average Bonchev–Trinajstić information content (AvgIpc) is 2.44. The van der Waals surface area contributed by atoms with Crippen LogP contribution in [0.25, 0.3) is 32.0 Å². The van der Waals surface area contributed by atoms with Crippen molar-refractivity contribution in [2.75, 3.05) is 0 Å². The summed E-state index contributed by atoms with van der Waals surface area (Å²) in [4.78, 5) is 5.52. The van der Waals surface area contributed by atoms with Gasteiger partial charge in [-0.25, -0.2) is 0 Å². The van der Waals surface area contributed by atoms with Gasteiger partial charge in [0.2, 0.25) is 0 Å². The monoisotopic (exact) mass is 250 g/mol. The second-order valence-corrected chi connectivity index (χ2v) is 3.85. The quantitative estimate of drug-likeness (QED) is 0.388. The fraction of sp³-hybridized carbons (Fsp3) is 0.0769. The molecule has 0 saturated heterocycles. The van der Waals surface area contributed by atoms with E-state index in [9.17, 15) is 0 Å². The highest BCUT2D eigenvalue weighted by molar-refractivity contribution is 5.79. The van der Waals surface area contributed by atoms with Crippen LogP contribution in [0, 0.1) is 6.92 Å². The van der Waals surface area contributed by atoms with Crippen LogP contribution >= 0.6 is 0 Å². The van der Waals surface area contributed by atoms with Gasteiger partial charge in [-0.2, -0.15) is 0 Å². The van der Waals surface area contributed by atoms with Gasteiger partial charge in [0.05, 0.1) is 5.69 Å². The van der Waals surface area contributed by atoms with Crippen molar-refractivity contribution < 1.29 is 0 Å². The minimum Gasteiger partial charge on any atom is -0.0622 e. The Kier molecular flexibility index (Phi) is 3.69.